The van der Waals surface area contributed by atoms with Gasteiger partial charge < -0.3 is 15.4 Å². The molecule has 0 aromatic heterocycles. The van der Waals surface area contributed by atoms with Crippen molar-refractivity contribution in [3.63, 3.8) is 0 Å². The van der Waals surface area contributed by atoms with E-state index in [-0.39, 0.29) is 0 Å². The van der Waals surface area contributed by atoms with Crippen molar-refractivity contribution < 1.29 is 9.53 Å². The van der Waals surface area contributed by atoms with Gasteiger partial charge >= 0.3 is 6.09 Å². The Bertz CT molecular complexity index is 688. The maximum absolute atomic E-state index is 11.9. The van der Waals surface area contributed by atoms with Crippen LogP contribution in [-0.2, 0) is 17.8 Å². The van der Waals surface area contributed by atoms with Gasteiger partial charge in [0.05, 0.1) is 0 Å². The van der Waals surface area contributed by atoms with E-state index in [0.29, 0.717) is 6.54 Å². The Morgan fingerprint density at radius 3 is 2.32 bits per heavy atom. The summed E-state index contributed by atoms with van der Waals surface area (Å²) in [6.07, 6.45) is -0.400. The zero-order valence-electron chi connectivity index (χ0n) is 15.6. The molecule has 0 bridgehead atoms. The van der Waals surface area contributed by atoms with Crippen molar-refractivity contribution in [2.45, 2.75) is 46.4 Å². The SMILES string of the molecule is CCNCc1ccc(-c2ccccc2CNC(=O)OC(C)(C)C)cc1. The lowest BCUT2D eigenvalue weighted by Crippen LogP contribution is -2.32. The highest BCUT2D eigenvalue weighted by molar-refractivity contribution is 5.70. The first-order chi connectivity index (χ1) is 11.9. The number of alkyl carbamates (subject to hydrolysis) is 1. The highest BCUT2D eigenvalue weighted by Crippen LogP contribution is 2.24. The summed E-state index contributed by atoms with van der Waals surface area (Å²) >= 11 is 0. The standard InChI is InChI=1S/C21H28N2O2/c1-5-22-14-16-10-12-17(13-11-16)19-9-7-6-8-18(19)15-23-20(24)25-21(2,3)4/h6-13,22H,5,14-15H2,1-4H3,(H,23,24). The molecular weight excluding hydrogens is 312 g/mol. The summed E-state index contributed by atoms with van der Waals surface area (Å²) in [5.41, 5.74) is 4.09. The summed E-state index contributed by atoms with van der Waals surface area (Å²) in [5.74, 6) is 0. The van der Waals surface area contributed by atoms with E-state index in [9.17, 15) is 4.79 Å². The van der Waals surface area contributed by atoms with Crippen LogP contribution in [0.5, 0.6) is 0 Å². The second kappa shape index (κ2) is 8.67. The van der Waals surface area contributed by atoms with Crippen LogP contribution in [0.15, 0.2) is 48.5 Å². The quantitative estimate of drug-likeness (QED) is 0.815. The normalized spacial score (nSPS) is 11.2. The summed E-state index contributed by atoms with van der Waals surface area (Å²) in [5, 5.41) is 6.16. The fourth-order valence-corrected chi connectivity index (χ4v) is 2.51. The number of carbonyl (C=O) groups excluding carboxylic acids is 1. The van der Waals surface area contributed by atoms with E-state index in [1.807, 2.05) is 39.0 Å². The van der Waals surface area contributed by atoms with Crippen molar-refractivity contribution in [2.75, 3.05) is 6.54 Å². The monoisotopic (exact) mass is 340 g/mol. The van der Waals surface area contributed by atoms with E-state index in [2.05, 4.69) is 47.9 Å². The highest BCUT2D eigenvalue weighted by atomic mass is 16.6. The van der Waals surface area contributed by atoms with Gasteiger partial charge in [-0.3, -0.25) is 0 Å². The van der Waals surface area contributed by atoms with Crippen molar-refractivity contribution in [1.29, 1.82) is 0 Å². The number of carbonyl (C=O) groups is 1. The minimum Gasteiger partial charge on any atom is -0.444 e. The van der Waals surface area contributed by atoms with E-state index in [1.54, 1.807) is 0 Å². The van der Waals surface area contributed by atoms with Crippen LogP contribution in [0.3, 0.4) is 0 Å². The van der Waals surface area contributed by atoms with Crippen LogP contribution in [0.4, 0.5) is 4.79 Å². The zero-order chi connectivity index (χ0) is 18.3. The molecule has 0 unspecified atom stereocenters. The zero-order valence-corrected chi connectivity index (χ0v) is 15.6. The number of rotatable bonds is 6. The largest absolute Gasteiger partial charge is 0.444 e. The predicted octanol–water partition coefficient (Wildman–Crippen LogP) is 4.49. The smallest absolute Gasteiger partial charge is 0.407 e. The van der Waals surface area contributed by atoms with Gasteiger partial charge in [-0.1, -0.05) is 55.5 Å². The van der Waals surface area contributed by atoms with Crippen molar-refractivity contribution in [1.82, 2.24) is 10.6 Å². The van der Waals surface area contributed by atoms with Gasteiger partial charge in [0.25, 0.3) is 0 Å². The molecule has 1 amide bonds. The molecule has 4 heteroatoms. The lowest BCUT2D eigenvalue weighted by molar-refractivity contribution is 0.0523. The average molecular weight is 340 g/mol. The van der Waals surface area contributed by atoms with E-state index in [4.69, 9.17) is 4.74 Å². The third-order valence-corrected chi connectivity index (χ3v) is 3.68. The molecule has 2 N–H and O–H groups in total. The third-order valence-electron chi connectivity index (χ3n) is 3.68. The summed E-state index contributed by atoms with van der Waals surface area (Å²) in [4.78, 5) is 11.9. The van der Waals surface area contributed by atoms with E-state index in [0.717, 1.165) is 29.8 Å². The fourth-order valence-electron chi connectivity index (χ4n) is 2.51. The number of hydrogen-bond acceptors (Lipinski definition) is 3. The van der Waals surface area contributed by atoms with Gasteiger partial charge in [-0.2, -0.15) is 0 Å². The molecule has 0 saturated carbocycles. The molecule has 2 rings (SSSR count). The molecule has 0 saturated heterocycles. The Balaban J connectivity index is 2.08. The molecule has 25 heavy (non-hydrogen) atoms. The minimum absolute atomic E-state index is 0.400. The first-order valence-corrected chi connectivity index (χ1v) is 8.74. The predicted molar refractivity (Wildman–Crippen MR) is 102 cm³/mol. The lowest BCUT2D eigenvalue weighted by Gasteiger charge is -2.20. The van der Waals surface area contributed by atoms with Crippen molar-refractivity contribution in [2.24, 2.45) is 0 Å². The molecule has 2 aromatic rings. The van der Waals surface area contributed by atoms with Gasteiger partial charge in [-0.15, -0.1) is 0 Å². The van der Waals surface area contributed by atoms with Gasteiger partial charge in [0.2, 0.25) is 0 Å². The topological polar surface area (TPSA) is 50.4 Å². The van der Waals surface area contributed by atoms with Crippen molar-refractivity contribution in [3.8, 4) is 11.1 Å². The minimum atomic E-state index is -0.494. The van der Waals surface area contributed by atoms with Crippen LogP contribution in [0, 0.1) is 0 Å². The molecule has 0 aliphatic carbocycles. The first kappa shape index (κ1) is 19.0. The maximum Gasteiger partial charge on any atom is 0.407 e. The van der Waals surface area contributed by atoms with Gasteiger partial charge in [-0.05, 0) is 49.6 Å². The highest BCUT2D eigenvalue weighted by Gasteiger charge is 2.16. The molecular formula is C21H28N2O2. The van der Waals surface area contributed by atoms with Crippen LogP contribution in [0.2, 0.25) is 0 Å². The van der Waals surface area contributed by atoms with Crippen molar-refractivity contribution >= 4 is 6.09 Å². The summed E-state index contributed by atoms with van der Waals surface area (Å²) in [7, 11) is 0. The fraction of sp³-hybridized carbons (Fsp3) is 0.381. The summed E-state index contributed by atoms with van der Waals surface area (Å²) < 4.78 is 5.30. The number of nitrogens with one attached hydrogen (secondary N) is 2. The Morgan fingerprint density at radius 1 is 1.00 bits per heavy atom. The Hall–Kier alpha value is -2.33. The average Bonchev–Trinajstić information content (AvgIpc) is 2.57. The molecule has 0 aliphatic rings. The summed E-state index contributed by atoms with van der Waals surface area (Å²) in [6.45, 7) is 9.94. The number of amides is 1. The molecule has 0 spiro atoms. The molecule has 4 nitrogen and oxygen atoms in total. The van der Waals surface area contributed by atoms with Crippen LogP contribution < -0.4 is 10.6 Å². The second-order valence-electron chi connectivity index (χ2n) is 6.99. The summed E-state index contributed by atoms with van der Waals surface area (Å²) in [6, 6.07) is 16.6. The number of benzene rings is 2. The first-order valence-electron chi connectivity index (χ1n) is 8.74. The molecule has 0 atom stereocenters. The number of hydrogen-bond donors (Lipinski definition) is 2. The second-order valence-corrected chi connectivity index (χ2v) is 6.99. The molecule has 0 radical (unpaired) electrons. The van der Waals surface area contributed by atoms with E-state index < -0.39 is 11.7 Å². The van der Waals surface area contributed by atoms with Gasteiger partial charge in [0.15, 0.2) is 0 Å². The van der Waals surface area contributed by atoms with Gasteiger partial charge in [-0.25, -0.2) is 4.79 Å². The van der Waals surface area contributed by atoms with Crippen molar-refractivity contribution in [3.05, 3.63) is 59.7 Å². The van der Waals surface area contributed by atoms with Crippen LogP contribution in [0.25, 0.3) is 11.1 Å². The molecule has 0 heterocycles. The van der Waals surface area contributed by atoms with Gasteiger partial charge in [0.1, 0.15) is 5.60 Å². The maximum atomic E-state index is 11.9. The van der Waals surface area contributed by atoms with Crippen LogP contribution >= 0.6 is 0 Å². The molecule has 0 fully saturated rings. The molecule has 2 aromatic carbocycles. The molecule has 134 valence electrons. The van der Waals surface area contributed by atoms with E-state index >= 15 is 0 Å². The third kappa shape index (κ3) is 6.24. The Labute approximate surface area is 150 Å². The van der Waals surface area contributed by atoms with Gasteiger partial charge in [0, 0.05) is 13.1 Å². The van der Waals surface area contributed by atoms with Crippen LogP contribution in [-0.4, -0.2) is 18.2 Å². The Morgan fingerprint density at radius 2 is 1.68 bits per heavy atom. The van der Waals surface area contributed by atoms with Crippen LogP contribution in [0.1, 0.15) is 38.8 Å². The number of ether oxygens (including phenoxy) is 1. The molecule has 0 aliphatic heterocycles. The Kier molecular flexibility index (Phi) is 6.59. The lowest BCUT2D eigenvalue weighted by atomic mass is 9.98. The van der Waals surface area contributed by atoms with E-state index in [1.165, 1.54) is 5.56 Å².